The second-order valence-corrected chi connectivity index (χ2v) is 5.23. The van der Waals surface area contributed by atoms with E-state index in [1.807, 2.05) is 32.0 Å². The quantitative estimate of drug-likeness (QED) is 0.835. The van der Waals surface area contributed by atoms with Crippen LogP contribution >= 0.6 is 15.9 Å². The molecule has 0 spiro atoms. The van der Waals surface area contributed by atoms with Crippen LogP contribution in [0.5, 0.6) is 5.75 Å². The molecular formula is C15H18BrN3O. The Labute approximate surface area is 127 Å². The van der Waals surface area contributed by atoms with Crippen molar-refractivity contribution in [3.05, 3.63) is 46.3 Å². The number of hydrogen-bond acceptors (Lipinski definition) is 4. The lowest BCUT2D eigenvalue weighted by molar-refractivity contribution is 0.335. The molecule has 1 N–H and O–H groups in total. The van der Waals surface area contributed by atoms with Gasteiger partial charge in [-0.15, -0.1) is 0 Å². The van der Waals surface area contributed by atoms with E-state index in [0.29, 0.717) is 6.61 Å². The first-order valence-electron chi connectivity index (χ1n) is 6.58. The highest BCUT2D eigenvalue weighted by Gasteiger charge is 2.13. The molecule has 1 aromatic carbocycles. The molecule has 0 fully saturated rings. The van der Waals surface area contributed by atoms with Crippen LogP contribution in [0.15, 0.2) is 35.2 Å². The molecule has 0 aliphatic carbocycles. The van der Waals surface area contributed by atoms with Crippen LogP contribution < -0.4 is 10.1 Å². The van der Waals surface area contributed by atoms with Crippen LogP contribution in [-0.2, 0) is 0 Å². The van der Waals surface area contributed by atoms with E-state index in [1.54, 1.807) is 6.33 Å². The van der Waals surface area contributed by atoms with E-state index in [2.05, 4.69) is 44.2 Å². The molecule has 0 saturated carbocycles. The Morgan fingerprint density at radius 3 is 2.80 bits per heavy atom. The fourth-order valence-corrected chi connectivity index (χ4v) is 2.26. The number of aromatic nitrogens is 2. The van der Waals surface area contributed by atoms with Gasteiger partial charge in [-0.25, -0.2) is 9.97 Å². The fourth-order valence-electron chi connectivity index (χ4n) is 1.98. The Kier molecular flexibility index (Phi) is 4.95. The zero-order chi connectivity index (χ0) is 14.5. The van der Waals surface area contributed by atoms with Gasteiger partial charge in [0.15, 0.2) is 0 Å². The molecule has 2 aromatic rings. The van der Waals surface area contributed by atoms with E-state index in [4.69, 9.17) is 4.74 Å². The summed E-state index contributed by atoms with van der Waals surface area (Å²) in [4.78, 5) is 8.39. The summed E-state index contributed by atoms with van der Waals surface area (Å²) in [6.07, 6.45) is 1.54. The molecule has 0 radical (unpaired) electrons. The second-order valence-electron chi connectivity index (χ2n) is 4.47. The maximum atomic E-state index is 5.67. The van der Waals surface area contributed by atoms with Crippen molar-refractivity contribution in [2.45, 2.75) is 26.8 Å². The zero-order valence-electron chi connectivity index (χ0n) is 11.9. The third kappa shape index (κ3) is 3.28. The summed E-state index contributed by atoms with van der Waals surface area (Å²) >= 11 is 3.42. The average Bonchev–Trinajstić information content (AvgIpc) is 2.45. The van der Waals surface area contributed by atoms with Gasteiger partial charge >= 0.3 is 0 Å². The smallest absolute Gasteiger partial charge is 0.133 e. The van der Waals surface area contributed by atoms with Gasteiger partial charge in [0.25, 0.3) is 0 Å². The maximum absolute atomic E-state index is 5.67. The molecule has 1 atom stereocenters. The summed E-state index contributed by atoms with van der Waals surface area (Å²) in [6, 6.07) is 8.14. The largest absolute Gasteiger partial charge is 0.494 e. The van der Waals surface area contributed by atoms with Gasteiger partial charge in [0.05, 0.1) is 12.6 Å². The number of ether oxygens (including phenoxy) is 1. The third-order valence-electron chi connectivity index (χ3n) is 3.06. The lowest BCUT2D eigenvalue weighted by atomic mass is 10.1. The molecule has 1 unspecified atom stereocenters. The summed E-state index contributed by atoms with van der Waals surface area (Å²) < 4.78 is 6.47. The molecule has 0 aliphatic rings. The predicted octanol–water partition coefficient (Wildman–Crippen LogP) is 4.12. The molecule has 0 aliphatic heterocycles. The summed E-state index contributed by atoms with van der Waals surface area (Å²) in [6.45, 7) is 6.71. The molecule has 1 aromatic heterocycles. The van der Waals surface area contributed by atoms with Crippen molar-refractivity contribution < 1.29 is 4.74 Å². The van der Waals surface area contributed by atoms with Gasteiger partial charge in [-0.2, -0.15) is 0 Å². The van der Waals surface area contributed by atoms with Crippen molar-refractivity contribution in [2.75, 3.05) is 11.9 Å². The standard InChI is InChI=1S/C15H18BrN3O/c1-4-20-13-8-6-5-7-12(13)11(3)19-15-10(2)14(16)17-9-18-15/h5-9,11H,4H2,1-3H3,(H,17,18,19). The number of hydrogen-bond donors (Lipinski definition) is 1. The van der Waals surface area contributed by atoms with Gasteiger partial charge in [0.2, 0.25) is 0 Å². The van der Waals surface area contributed by atoms with Crippen LogP contribution in [0.3, 0.4) is 0 Å². The Hall–Kier alpha value is -1.62. The minimum Gasteiger partial charge on any atom is -0.494 e. The van der Waals surface area contributed by atoms with Gasteiger partial charge in [-0.3, -0.25) is 0 Å². The average molecular weight is 336 g/mol. The number of anilines is 1. The van der Waals surface area contributed by atoms with Crippen molar-refractivity contribution >= 4 is 21.7 Å². The highest BCUT2D eigenvalue weighted by molar-refractivity contribution is 9.10. The lowest BCUT2D eigenvalue weighted by Gasteiger charge is -2.19. The number of nitrogens with zero attached hydrogens (tertiary/aromatic N) is 2. The topological polar surface area (TPSA) is 47.0 Å². The molecule has 106 valence electrons. The molecule has 0 saturated heterocycles. The van der Waals surface area contributed by atoms with E-state index in [-0.39, 0.29) is 6.04 Å². The van der Waals surface area contributed by atoms with E-state index in [0.717, 1.165) is 27.3 Å². The van der Waals surface area contributed by atoms with Crippen molar-refractivity contribution in [1.82, 2.24) is 9.97 Å². The molecule has 4 nitrogen and oxygen atoms in total. The van der Waals surface area contributed by atoms with E-state index in [9.17, 15) is 0 Å². The van der Waals surface area contributed by atoms with Crippen LogP contribution in [0.2, 0.25) is 0 Å². The molecule has 1 heterocycles. The molecule has 5 heteroatoms. The van der Waals surface area contributed by atoms with Crippen LogP contribution in [0.4, 0.5) is 5.82 Å². The van der Waals surface area contributed by atoms with E-state index in [1.165, 1.54) is 0 Å². The lowest BCUT2D eigenvalue weighted by Crippen LogP contribution is -2.11. The highest BCUT2D eigenvalue weighted by Crippen LogP contribution is 2.29. The number of halogens is 1. The minimum atomic E-state index is 0.0956. The van der Waals surface area contributed by atoms with Crippen LogP contribution in [0, 0.1) is 6.92 Å². The number of para-hydroxylation sites is 1. The Morgan fingerprint density at radius 2 is 2.05 bits per heavy atom. The van der Waals surface area contributed by atoms with Crippen LogP contribution in [-0.4, -0.2) is 16.6 Å². The van der Waals surface area contributed by atoms with Crippen molar-refractivity contribution in [2.24, 2.45) is 0 Å². The predicted molar refractivity (Wildman–Crippen MR) is 84.1 cm³/mol. The van der Waals surface area contributed by atoms with Gasteiger partial charge < -0.3 is 10.1 Å². The van der Waals surface area contributed by atoms with Gasteiger partial charge in [-0.05, 0) is 42.8 Å². The van der Waals surface area contributed by atoms with Crippen molar-refractivity contribution in [3.63, 3.8) is 0 Å². The summed E-state index contributed by atoms with van der Waals surface area (Å²) in [5, 5.41) is 3.40. The molecule has 0 bridgehead atoms. The van der Waals surface area contributed by atoms with Crippen molar-refractivity contribution in [3.8, 4) is 5.75 Å². The Bertz CT molecular complexity index is 589. The van der Waals surface area contributed by atoms with Gasteiger partial charge in [0, 0.05) is 11.1 Å². The Morgan fingerprint density at radius 1 is 1.30 bits per heavy atom. The number of nitrogens with one attached hydrogen (secondary N) is 1. The molecule has 2 rings (SSSR count). The van der Waals surface area contributed by atoms with Crippen LogP contribution in [0.1, 0.15) is 31.0 Å². The Balaban J connectivity index is 2.24. The first-order chi connectivity index (χ1) is 9.63. The zero-order valence-corrected chi connectivity index (χ0v) is 13.4. The molecular weight excluding hydrogens is 318 g/mol. The summed E-state index contributed by atoms with van der Waals surface area (Å²) in [7, 11) is 0. The summed E-state index contributed by atoms with van der Waals surface area (Å²) in [5.74, 6) is 1.73. The number of rotatable bonds is 5. The van der Waals surface area contributed by atoms with Crippen LogP contribution in [0.25, 0.3) is 0 Å². The number of benzene rings is 1. The van der Waals surface area contributed by atoms with Gasteiger partial charge in [-0.1, -0.05) is 18.2 Å². The SMILES string of the molecule is CCOc1ccccc1C(C)Nc1ncnc(Br)c1C. The van der Waals surface area contributed by atoms with E-state index >= 15 is 0 Å². The maximum Gasteiger partial charge on any atom is 0.133 e. The first kappa shape index (κ1) is 14.8. The minimum absolute atomic E-state index is 0.0956. The summed E-state index contributed by atoms with van der Waals surface area (Å²) in [5.41, 5.74) is 2.11. The fraction of sp³-hybridized carbons (Fsp3) is 0.333. The van der Waals surface area contributed by atoms with Gasteiger partial charge in [0.1, 0.15) is 22.5 Å². The highest BCUT2D eigenvalue weighted by atomic mass is 79.9. The van der Waals surface area contributed by atoms with Crippen molar-refractivity contribution in [1.29, 1.82) is 0 Å². The monoisotopic (exact) mass is 335 g/mol. The molecule has 0 amide bonds. The normalized spacial score (nSPS) is 12.0. The first-order valence-corrected chi connectivity index (χ1v) is 7.38. The third-order valence-corrected chi connectivity index (χ3v) is 3.86. The molecule has 20 heavy (non-hydrogen) atoms. The van der Waals surface area contributed by atoms with E-state index < -0.39 is 0 Å². The second kappa shape index (κ2) is 6.70.